The van der Waals surface area contributed by atoms with Gasteiger partial charge in [-0.05, 0) is 38.3 Å². The van der Waals surface area contributed by atoms with Gasteiger partial charge in [0.1, 0.15) is 11.8 Å². The number of aromatic nitrogens is 1. The van der Waals surface area contributed by atoms with Crippen LogP contribution in [0.1, 0.15) is 47.0 Å². The third-order valence-electron chi connectivity index (χ3n) is 4.60. The highest BCUT2D eigenvalue weighted by atomic mass is 16.5. The monoisotopic (exact) mass is 325 g/mol. The molecule has 6 heteroatoms. The fourth-order valence-corrected chi connectivity index (χ4v) is 2.98. The van der Waals surface area contributed by atoms with Crippen molar-refractivity contribution in [3.63, 3.8) is 0 Å². The summed E-state index contributed by atoms with van der Waals surface area (Å²) in [4.78, 5) is 26.5. The zero-order valence-electron chi connectivity index (χ0n) is 13.5. The number of aryl methyl sites for hydroxylation is 1. The zero-order valence-corrected chi connectivity index (χ0v) is 13.5. The van der Waals surface area contributed by atoms with Gasteiger partial charge in [0.05, 0.1) is 0 Å². The summed E-state index contributed by atoms with van der Waals surface area (Å²) in [5, 5.41) is 6.60. The zero-order chi connectivity index (χ0) is 16.7. The van der Waals surface area contributed by atoms with E-state index >= 15 is 0 Å². The quantitative estimate of drug-likeness (QED) is 0.936. The second kappa shape index (κ2) is 5.78. The first-order valence-electron chi connectivity index (χ1n) is 8.27. The molecule has 1 aromatic carbocycles. The maximum Gasteiger partial charge on any atom is 0.274 e. The molecule has 1 saturated heterocycles. The summed E-state index contributed by atoms with van der Waals surface area (Å²) < 4.78 is 5.20. The molecule has 0 spiro atoms. The molecule has 1 aliphatic heterocycles. The molecule has 4 rings (SSSR count). The van der Waals surface area contributed by atoms with Crippen LogP contribution in [0, 0.1) is 6.92 Å². The molecular weight excluding hydrogens is 306 g/mol. The van der Waals surface area contributed by atoms with E-state index < -0.39 is 6.04 Å². The number of nitrogens with one attached hydrogen (secondary N) is 1. The number of nitrogens with zero attached hydrogens (tertiary/aromatic N) is 2. The lowest BCUT2D eigenvalue weighted by Crippen LogP contribution is -2.41. The van der Waals surface area contributed by atoms with Gasteiger partial charge in [0.15, 0.2) is 5.69 Å². The van der Waals surface area contributed by atoms with Crippen LogP contribution in [-0.2, 0) is 4.79 Å². The number of carbonyl (C=O) groups is 2. The lowest BCUT2D eigenvalue weighted by Gasteiger charge is -2.17. The number of carbonyl (C=O) groups excluding carboxylic acids is 2. The molecule has 1 saturated carbocycles. The average Bonchev–Trinajstić information content (AvgIpc) is 3.20. The molecule has 24 heavy (non-hydrogen) atoms. The SMILES string of the molecule is Cc1ccc(N2CCC(NC(=O)c3cc(C4CC4)on3)C2=O)cc1. The van der Waals surface area contributed by atoms with Crippen LogP contribution in [0.3, 0.4) is 0 Å². The Morgan fingerprint density at radius 2 is 2.00 bits per heavy atom. The van der Waals surface area contributed by atoms with Crippen molar-refractivity contribution in [1.29, 1.82) is 0 Å². The second-order valence-electron chi connectivity index (χ2n) is 6.53. The van der Waals surface area contributed by atoms with E-state index in [2.05, 4.69) is 10.5 Å². The maximum atomic E-state index is 12.5. The van der Waals surface area contributed by atoms with Crippen molar-refractivity contribution in [3.8, 4) is 0 Å². The van der Waals surface area contributed by atoms with Gasteiger partial charge in [-0.1, -0.05) is 22.9 Å². The summed E-state index contributed by atoms with van der Waals surface area (Å²) in [5.41, 5.74) is 2.26. The smallest absolute Gasteiger partial charge is 0.274 e. The molecule has 2 heterocycles. The molecule has 1 N–H and O–H groups in total. The van der Waals surface area contributed by atoms with E-state index in [9.17, 15) is 9.59 Å². The minimum atomic E-state index is -0.514. The molecule has 1 atom stereocenters. The molecule has 124 valence electrons. The number of hydrogen-bond acceptors (Lipinski definition) is 4. The third-order valence-corrected chi connectivity index (χ3v) is 4.60. The van der Waals surface area contributed by atoms with Crippen molar-refractivity contribution in [2.75, 3.05) is 11.4 Å². The summed E-state index contributed by atoms with van der Waals surface area (Å²) in [6, 6.07) is 8.98. The predicted octanol–water partition coefficient (Wildman–Crippen LogP) is 2.40. The third kappa shape index (κ3) is 2.79. The number of rotatable bonds is 4. The van der Waals surface area contributed by atoms with Crippen LogP contribution < -0.4 is 10.2 Å². The van der Waals surface area contributed by atoms with Crippen LogP contribution in [-0.4, -0.2) is 29.6 Å². The van der Waals surface area contributed by atoms with Gasteiger partial charge < -0.3 is 14.7 Å². The minimum absolute atomic E-state index is 0.0851. The largest absolute Gasteiger partial charge is 0.360 e. The molecule has 2 amide bonds. The van der Waals surface area contributed by atoms with Crippen molar-refractivity contribution >= 4 is 17.5 Å². The highest BCUT2D eigenvalue weighted by Crippen LogP contribution is 2.40. The Balaban J connectivity index is 1.42. The average molecular weight is 325 g/mol. The normalized spacial score (nSPS) is 20.5. The Hall–Kier alpha value is -2.63. The Kier molecular flexibility index (Phi) is 3.59. The first-order chi connectivity index (χ1) is 11.6. The van der Waals surface area contributed by atoms with E-state index in [1.807, 2.05) is 31.2 Å². The molecule has 1 aliphatic carbocycles. The maximum absolute atomic E-state index is 12.5. The van der Waals surface area contributed by atoms with E-state index in [4.69, 9.17) is 4.52 Å². The number of hydrogen-bond donors (Lipinski definition) is 1. The van der Waals surface area contributed by atoms with E-state index in [-0.39, 0.29) is 17.5 Å². The standard InChI is InChI=1S/C18H19N3O3/c1-11-2-6-13(7-3-11)21-9-8-14(18(21)23)19-17(22)15-10-16(24-20-15)12-4-5-12/h2-3,6-7,10,12,14H,4-5,8-9H2,1H3,(H,19,22). The van der Waals surface area contributed by atoms with Crippen LogP contribution in [0.5, 0.6) is 0 Å². The molecule has 2 fully saturated rings. The summed E-state index contributed by atoms with van der Waals surface area (Å²) in [7, 11) is 0. The molecule has 1 unspecified atom stereocenters. The van der Waals surface area contributed by atoms with Gasteiger partial charge in [0, 0.05) is 24.2 Å². The summed E-state index contributed by atoms with van der Waals surface area (Å²) in [6.07, 6.45) is 2.76. The molecule has 1 aromatic heterocycles. The van der Waals surface area contributed by atoms with E-state index in [1.54, 1.807) is 11.0 Å². The summed E-state index contributed by atoms with van der Waals surface area (Å²) in [5.74, 6) is 0.733. The molecule has 0 radical (unpaired) electrons. The number of anilines is 1. The first kappa shape index (κ1) is 14.9. The lowest BCUT2D eigenvalue weighted by molar-refractivity contribution is -0.118. The van der Waals surface area contributed by atoms with E-state index in [0.29, 0.717) is 18.9 Å². The van der Waals surface area contributed by atoms with E-state index in [1.165, 1.54) is 0 Å². The van der Waals surface area contributed by atoms with Crippen LogP contribution in [0.2, 0.25) is 0 Å². The van der Waals surface area contributed by atoms with Gasteiger partial charge in [-0.15, -0.1) is 0 Å². The van der Waals surface area contributed by atoms with Gasteiger partial charge in [-0.2, -0.15) is 0 Å². The number of benzene rings is 1. The molecule has 0 bridgehead atoms. The van der Waals surface area contributed by atoms with Crippen LogP contribution >= 0.6 is 0 Å². The highest BCUT2D eigenvalue weighted by molar-refractivity contribution is 6.03. The van der Waals surface area contributed by atoms with Crippen molar-refractivity contribution < 1.29 is 14.1 Å². The topological polar surface area (TPSA) is 75.4 Å². The molecule has 2 aromatic rings. The van der Waals surface area contributed by atoms with Crippen LogP contribution in [0.4, 0.5) is 5.69 Å². The summed E-state index contributed by atoms with van der Waals surface area (Å²) >= 11 is 0. The minimum Gasteiger partial charge on any atom is -0.360 e. The molecule has 6 nitrogen and oxygen atoms in total. The lowest BCUT2D eigenvalue weighted by atomic mass is 10.2. The van der Waals surface area contributed by atoms with Crippen molar-refractivity contribution in [3.05, 3.63) is 47.3 Å². The fourth-order valence-electron chi connectivity index (χ4n) is 2.98. The fraction of sp³-hybridized carbons (Fsp3) is 0.389. The van der Waals surface area contributed by atoms with Crippen LogP contribution in [0.15, 0.2) is 34.9 Å². The van der Waals surface area contributed by atoms with Gasteiger partial charge in [-0.3, -0.25) is 9.59 Å². The van der Waals surface area contributed by atoms with Crippen LogP contribution in [0.25, 0.3) is 0 Å². The Morgan fingerprint density at radius 1 is 1.25 bits per heavy atom. The van der Waals surface area contributed by atoms with Crippen molar-refractivity contribution in [2.45, 2.75) is 38.1 Å². The van der Waals surface area contributed by atoms with E-state index in [0.717, 1.165) is 29.9 Å². The number of amides is 2. The van der Waals surface area contributed by atoms with Crippen molar-refractivity contribution in [2.24, 2.45) is 0 Å². The highest BCUT2D eigenvalue weighted by Gasteiger charge is 2.35. The predicted molar refractivity (Wildman–Crippen MR) is 87.9 cm³/mol. The second-order valence-corrected chi connectivity index (χ2v) is 6.53. The Bertz CT molecular complexity index is 777. The molecule has 2 aliphatic rings. The first-order valence-corrected chi connectivity index (χ1v) is 8.27. The van der Waals surface area contributed by atoms with Gasteiger partial charge in [0.2, 0.25) is 5.91 Å². The summed E-state index contributed by atoms with van der Waals surface area (Å²) in [6.45, 7) is 2.60. The Morgan fingerprint density at radius 3 is 2.71 bits per heavy atom. The molecular formula is C18H19N3O3. The van der Waals surface area contributed by atoms with Gasteiger partial charge in [-0.25, -0.2) is 0 Å². The van der Waals surface area contributed by atoms with Gasteiger partial charge >= 0.3 is 0 Å². The Labute approximate surface area is 139 Å². The van der Waals surface area contributed by atoms with Crippen molar-refractivity contribution in [1.82, 2.24) is 10.5 Å². The van der Waals surface area contributed by atoms with Gasteiger partial charge in [0.25, 0.3) is 5.91 Å².